The highest BCUT2D eigenvalue weighted by Gasteiger charge is 2.12. The number of fused-ring (bicyclic) bond motifs is 1. The number of aryl methyl sites for hydroxylation is 1. The van der Waals surface area contributed by atoms with Crippen LogP contribution in [0.5, 0.6) is 11.5 Å². The van der Waals surface area contributed by atoms with Crippen LogP contribution in [0, 0.1) is 5.82 Å². The molecule has 1 N–H and O–H groups in total. The molecule has 0 aliphatic carbocycles. The largest absolute Gasteiger partial charge is 0.490 e. The van der Waals surface area contributed by atoms with Crippen molar-refractivity contribution in [3.63, 3.8) is 0 Å². The van der Waals surface area contributed by atoms with Crippen molar-refractivity contribution in [2.24, 2.45) is 5.10 Å². The first-order valence-electron chi connectivity index (χ1n) is 12.1. The highest BCUT2D eigenvalue weighted by molar-refractivity contribution is 9.10. The zero-order chi connectivity index (χ0) is 27.1. The Morgan fingerprint density at radius 3 is 2.61 bits per heavy atom. The predicted octanol–water partition coefficient (Wildman–Crippen LogP) is 5.55. The lowest BCUT2D eigenvalue weighted by molar-refractivity contribution is -0.118. The lowest BCUT2D eigenvalue weighted by atomic mass is 10.2. The molecule has 4 rings (SSSR count). The summed E-state index contributed by atoms with van der Waals surface area (Å²) in [6, 6.07) is 16.0. The Kier molecular flexibility index (Phi) is 8.85. The van der Waals surface area contributed by atoms with E-state index >= 15 is 0 Å². The summed E-state index contributed by atoms with van der Waals surface area (Å²) in [5.41, 5.74) is 1.50. The Bertz CT molecular complexity index is 1540. The molecule has 0 radical (unpaired) electrons. The number of hydrogen-bond donors (Lipinski definition) is 1. The van der Waals surface area contributed by atoms with Crippen molar-refractivity contribution in [1.29, 1.82) is 0 Å². The maximum atomic E-state index is 13.2. The molecule has 8 nitrogen and oxygen atoms in total. The van der Waals surface area contributed by atoms with Gasteiger partial charge in [-0.3, -0.25) is 9.59 Å². The summed E-state index contributed by atoms with van der Waals surface area (Å²) in [4.78, 5) is 30.1. The van der Waals surface area contributed by atoms with Crippen LogP contribution in [0.3, 0.4) is 0 Å². The van der Waals surface area contributed by atoms with Gasteiger partial charge in [-0.2, -0.15) is 9.78 Å². The van der Waals surface area contributed by atoms with Crippen LogP contribution in [0.25, 0.3) is 10.9 Å². The molecule has 0 aliphatic rings. The second kappa shape index (κ2) is 12.5. The maximum Gasteiger partial charge on any atom is 0.282 e. The zero-order valence-corrected chi connectivity index (χ0v) is 22.5. The molecule has 0 aliphatic heterocycles. The van der Waals surface area contributed by atoms with Crippen LogP contribution in [0.4, 0.5) is 10.1 Å². The molecule has 1 heterocycles. The van der Waals surface area contributed by atoms with E-state index in [0.29, 0.717) is 52.5 Å². The molecule has 0 spiro atoms. The Balaban J connectivity index is 1.55. The van der Waals surface area contributed by atoms with Crippen LogP contribution in [0.15, 0.2) is 75.0 Å². The van der Waals surface area contributed by atoms with Gasteiger partial charge in [0.15, 0.2) is 18.1 Å². The summed E-state index contributed by atoms with van der Waals surface area (Å²) in [6.07, 6.45) is 2.95. The van der Waals surface area contributed by atoms with E-state index in [4.69, 9.17) is 9.47 Å². The van der Waals surface area contributed by atoms with Gasteiger partial charge in [0.25, 0.3) is 11.5 Å². The number of benzene rings is 3. The van der Waals surface area contributed by atoms with Crippen molar-refractivity contribution in [1.82, 2.24) is 9.66 Å². The van der Waals surface area contributed by atoms with E-state index in [-0.39, 0.29) is 18.0 Å². The molecule has 0 saturated carbocycles. The molecule has 0 bridgehead atoms. The standard InChI is InChI=1S/C28H26BrFN4O4/c1-3-5-26-33-23-12-7-19(29)15-22(23)28(36)34(26)31-16-18-6-13-24(25(14-18)37-4-2)38-17-27(35)32-21-10-8-20(30)9-11-21/h6-16H,3-5,17H2,1-2H3,(H,32,35). The number of ether oxygens (including phenoxy) is 2. The van der Waals surface area contributed by atoms with Gasteiger partial charge in [0, 0.05) is 16.6 Å². The number of nitrogens with one attached hydrogen (secondary N) is 1. The average molecular weight is 581 g/mol. The second-order valence-electron chi connectivity index (χ2n) is 8.28. The van der Waals surface area contributed by atoms with Crippen LogP contribution in [-0.4, -0.2) is 35.0 Å². The number of anilines is 1. The van der Waals surface area contributed by atoms with Gasteiger partial charge < -0.3 is 14.8 Å². The van der Waals surface area contributed by atoms with Crippen molar-refractivity contribution in [3.8, 4) is 11.5 Å². The third kappa shape index (κ3) is 6.63. The number of carbonyl (C=O) groups excluding carboxylic acids is 1. The van der Waals surface area contributed by atoms with Crippen molar-refractivity contribution < 1.29 is 18.7 Å². The van der Waals surface area contributed by atoms with Crippen molar-refractivity contribution in [2.75, 3.05) is 18.5 Å². The van der Waals surface area contributed by atoms with E-state index < -0.39 is 5.91 Å². The maximum absolute atomic E-state index is 13.2. The van der Waals surface area contributed by atoms with Gasteiger partial charge in [-0.05, 0) is 79.6 Å². The minimum Gasteiger partial charge on any atom is -0.490 e. The molecule has 10 heteroatoms. The van der Waals surface area contributed by atoms with Crippen LogP contribution in [-0.2, 0) is 11.2 Å². The number of nitrogens with zero attached hydrogens (tertiary/aromatic N) is 3. The lowest BCUT2D eigenvalue weighted by Gasteiger charge is -2.13. The molecular weight excluding hydrogens is 555 g/mol. The quantitative estimate of drug-likeness (QED) is 0.248. The first kappa shape index (κ1) is 27.0. The highest BCUT2D eigenvalue weighted by Crippen LogP contribution is 2.28. The summed E-state index contributed by atoms with van der Waals surface area (Å²) in [6.45, 7) is 3.96. The highest BCUT2D eigenvalue weighted by atomic mass is 79.9. The van der Waals surface area contributed by atoms with Crippen molar-refractivity contribution >= 4 is 44.6 Å². The Morgan fingerprint density at radius 2 is 1.87 bits per heavy atom. The molecule has 196 valence electrons. The molecule has 38 heavy (non-hydrogen) atoms. The van der Waals surface area contributed by atoms with Crippen LogP contribution < -0.4 is 20.3 Å². The Labute approximate surface area is 227 Å². The van der Waals surface area contributed by atoms with Gasteiger partial charge in [-0.25, -0.2) is 9.37 Å². The fraction of sp³-hybridized carbons (Fsp3) is 0.214. The summed E-state index contributed by atoms with van der Waals surface area (Å²) >= 11 is 3.41. The number of amides is 1. The van der Waals surface area contributed by atoms with E-state index in [1.165, 1.54) is 28.9 Å². The van der Waals surface area contributed by atoms with Gasteiger partial charge in [0.05, 0.1) is 23.7 Å². The second-order valence-corrected chi connectivity index (χ2v) is 9.20. The normalized spacial score (nSPS) is 11.2. The summed E-state index contributed by atoms with van der Waals surface area (Å²) < 4.78 is 26.5. The minimum atomic E-state index is -0.400. The van der Waals surface area contributed by atoms with Gasteiger partial charge in [0.2, 0.25) is 0 Å². The smallest absolute Gasteiger partial charge is 0.282 e. The molecule has 0 unspecified atom stereocenters. The van der Waals surface area contributed by atoms with Gasteiger partial charge in [-0.15, -0.1) is 0 Å². The van der Waals surface area contributed by atoms with Crippen molar-refractivity contribution in [3.05, 3.63) is 92.7 Å². The fourth-order valence-electron chi connectivity index (χ4n) is 3.69. The Hall–Kier alpha value is -4.05. The average Bonchev–Trinajstić information content (AvgIpc) is 2.90. The topological polar surface area (TPSA) is 94.8 Å². The van der Waals surface area contributed by atoms with Crippen LogP contribution in [0.1, 0.15) is 31.7 Å². The molecule has 4 aromatic rings. The molecule has 1 amide bonds. The van der Waals surface area contributed by atoms with E-state index in [2.05, 4.69) is 31.3 Å². The van der Waals surface area contributed by atoms with E-state index in [1.807, 2.05) is 19.9 Å². The SMILES string of the molecule is CCCc1nc2ccc(Br)cc2c(=O)n1N=Cc1ccc(OCC(=O)Nc2ccc(F)cc2)c(OCC)c1. The number of carbonyl (C=O) groups is 1. The third-order valence-electron chi connectivity index (χ3n) is 5.43. The van der Waals surface area contributed by atoms with Crippen LogP contribution >= 0.6 is 15.9 Å². The molecule has 0 fully saturated rings. The first-order chi connectivity index (χ1) is 18.4. The lowest BCUT2D eigenvalue weighted by Crippen LogP contribution is -2.22. The minimum absolute atomic E-state index is 0.256. The van der Waals surface area contributed by atoms with Gasteiger partial charge >= 0.3 is 0 Å². The summed E-state index contributed by atoms with van der Waals surface area (Å²) in [5, 5.41) is 7.56. The number of aromatic nitrogens is 2. The molecule has 0 atom stereocenters. The monoisotopic (exact) mass is 580 g/mol. The summed E-state index contributed by atoms with van der Waals surface area (Å²) in [5.74, 6) is 0.580. The Morgan fingerprint density at radius 1 is 1.08 bits per heavy atom. The zero-order valence-electron chi connectivity index (χ0n) is 20.9. The van der Waals surface area contributed by atoms with E-state index in [0.717, 1.165) is 10.9 Å². The molecule has 0 saturated heterocycles. The van der Waals surface area contributed by atoms with Gasteiger partial charge in [-0.1, -0.05) is 22.9 Å². The molecule has 3 aromatic carbocycles. The third-order valence-corrected chi connectivity index (χ3v) is 5.92. The predicted molar refractivity (Wildman–Crippen MR) is 149 cm³/mol. The fourth-order valence-corrected chi connectivity index (χ4v) is 4.05. The summed E-state index contributed by atoms with van der Waals surface area (Å²) in [7, 11) is 0. The molecular formula is C28H26BrFN4O4. The van der Waals surface area contributed by atoms with Gasteiger partial charge in [0.1, 0.15) is 11.6 Å². The molecule has 1 aromatic heterocycles. The number of hydrogen-bond acceptors (Lipinski definition) is 6. The van der Waals surface area contributed by atoms with Crippen LogP contribution in [0.2, 0.25) is 0 Å². The first-order valence-corrected chi connectivity index (χ1v) is 12.9. The van der Waals surface area contributed by atoms with Crippen molar-refractivity contribution in [2.45, 2.75) is 26.7 Å². The van der Waals surface area contributed by atoms with E-state index in [1.54, 1.807) is 36.5 Å². The number of halogens is 2. The van der Waals surface area contributed by atoms with E-state index in [9.17, 15) is 14.0 Å². The number of rotatable bonds is 10.